The Hall–Kier alpha value is -4.33. The highest BCUT2D eigenvalue weighted by molar-refractivity contribution is 5.96. The summed E-state index contributed by atoms with van der Waals surface area (Å²) in [4.78, 5) is 25.0. The van der Waals surface area contributed by atoms with Crippen molar-refractivity contribution in [3.63, 3.8) is 0 Å². The van der Waals surface area contributed by atoms with E-state index < -0.39 is 0 Å². The van der Waals surface area contributed by atoms with Crippen LogP contribution in [0.4, 0.5) is 0 Å². The molecule has 0 saturated heterocycles. The number of aromatic nitrogens is 6. The summed E-state index contributed by atoms with van der Waals surface area (Å²) < 4.78 is 0. The van der Waals surface area contributed by atoms with Gasteiger partial charge in [0, 0.05) is 11.8 Å². The molecule has 1 atom stereocenters. The van der Waals surface area contributed by atoms with Gasteiger partial charge in [-0.05, 0) is 28.3 Å². The number of amides is 1. The standard InChI is InChI=1S/C22H15N7O/c30-22(18-11-24-29-28-18)27-20-13-5-2-1-4-12(13)19-14(20)6-3-7-15(19)21-25-16-8-9-23-10-17(16)26-21/h1-11,20H,(H,25,26)(H,27,30)(H,24,28,29). The lowest BCUT2D eigenvalue weighted by Gasteiger charge is -2.15. The van der Waals surface area contributed by atoms with E-state index >= 15 is 0 Å². The molecule has 5 aromatic rings. The summed E-state index contributed by atoms with van der Waals surface area (Å²) in [6, 6.07) is 15.8. The number of hydrogen-bond donors (Lipinski definition) is 3. The molecule has 3 aromatic heterocycles. The summed E-state index contributed by atoms with van der Waals surface area (Å²) in [6.07, 6.45) is 4.91. The molecule has 8 heteroatoms. The molecule has 0 radical (unpaired) electrons. The zero-order chi connectivity index (χ0) is 20.1. The second-order valence-electron chi connectivity index (χ2n) is 7.10. The molecule has 3 N–H and O–H groups in total. The third-order valence-corrected chi connectivity index (χ3v) is 5.41. The molecule has 30 heavy (non-hydrogen) atoms. The molecule has 1 amide bonds. The Morgan fingerprint density at radius 3 is 2.70 bits per heavy atom. The first kappa shape index (κ1) is 16.6. The molecule has 1 unspecified atom stereocenters. The van der Waals surface area contributed by atoms with E-state index in [2.05, 4.69) is 36.8 Å². The molecule has 1 aliphatic carbocycles. The van der Waals surface area contributed by atoms with E-state index in [1.807, 2.05) is 42.5 Å². The fraction of sp³-hybridized carbons (Fsp3) is 0.0455. The van der Waals surface area contributed by atoms with Crippen molar-refractivity contribution in [3.8, 4) is 22.5 Å². The van der Waals surface area contributed by atoms with Gasteiger partial charge >= 0.3 is 0 Å². The first-order valence-corrected chi connectivity index (χ1v) is 9.48. The van der Waals surface area contributed by atoms with Gasteiger partial charge in [0.05, 0.1) is 29.5 Å². The van der Waals surface area contributed by atoms with Crippen LogP contribution in [0.3, 0.4) is 0 Å². The van der Waals surface area contributed by atoms with Crippen LogP contribution in [-0.2, 0) is 0 Å². The zero-order valence-electron chi connectivity index (χ0n) is 15.6. The summed E-state index contributed by atoms with van der Waals surface area (Å²) >= 11 is 0. The van der Waals surface area contributed by atoms with Crippen LogP contribution in [0.15, 0.2) is 67.1 Å². The molecule has 0 saturated carbocycles. The first-order chi connectivity index (χ1) is 14.8. The maximum absolute atomic E-state index is 12.7. The Bertz CT molecular complexity index is 1370. The number of H-pyrrole nitrogens is 2. The third-order valence-electron chi connectivity index (χ3n) is 5.41. The summed E-state index contributed by atoms with van der Waals surface area (Å²) in [7, 11) is 0. The molecule has 3 heterocycles. The highest BCUT2D eigenvalue weighted by atomic mass is 16.2. The minimum atomic E-state index is -0.286. The molecule has 2 aromatic carbocycles. The van der Waals surface area contributed by atoms with Gasteiger partial charge in [0.1, 0.15) is 5.82 Å². The minimum Gasteiger partial charge on any atom is -0.340 e. The van der Waals surface area contributed by atoms with Crippen LogP contribution in [0.2, 0.25) is 0 Å². The quantitative estimate of drug-likeness (QED) is 0.436. The summed E-state index contributed by atoms with van der Waals surface area (Å²) in [5, 5.41) is 13.2. The van der Waals surface area contributed by atoms with E-state index in [-0.39, 0.29) is 17.6 Å². The van der Waals surface area contributed by atoms with Crippen LogP contribution in [0.25, 0.3) is 33.5 Å². The van der Waals surface area contributed by atoms with Gasteiger partial charge in [-0.15, -0.1) is 0 Å². The largest absolute Gasteiger partial charge is 0.340 e. The van der Waals surface area contributed by atoms with Crippen molar-refractivity contribution in [2.75, 3.05) is 0 Å². The Morgan fingerprint density at radius 1 is 0.967 bits per heavy atom. The number of rotatable bonds is 3. The summed E-state index contributed by atoms with van der Waals surface area (Å²) in [5.41, 5.74) is 7.17. The fourth-order valence-corrected chi connectivity index (χ4v) is 4.11. The molecule has 6 rings (SSSR count). The molecule has 0 fully saturated rings. The maximum atomic E-state index is 12.7. The molecular formula is C22H15N7O. The van der Waals surface area contributed by atoms with Crippen LogP contribution < -0.4 is 5.32 Å². The average molecular weight is 393 g/mol. The van der Waals surface area contributed by atoms with Crippen LogP contribution in [-0.4, -0.2) is 36.3 Å². The monoisotopic (exact) mass is 393 g/mol. The van der Waals surface area contributed by atoms with Gasteiger partial charge in [0.15, 0.2) is 5.69 Å². The normalized spacial score (nSPS) is 14.5. The molecule has 0 aliphatic heterocycles. The molecule has 0 bridgehead atoms. The highest BCUT2D eigenvalue weighted by Crippen LogP contribution is 2.47. The fourth-order valence-electron chi connectivity index (χ4n) is 4.11. The zero-order valence-corrected chi connectivity index (χ0v) is 15.6. The topological polar surface area (TPSA) is 112 Å². The van der Waals surface area contributed by atoms with E-state index in [1.165, 1.54) is 6.20 Å². The minimum absolute atomic E-state index is 0.252. The van der Waals surface area contributed by atoms with Crippen molar-refractivity contribution >= 4 is 16.9 Å². The van der Waals surface area contributed by atoms with Gasteiger partial charge in [-0.3, -0.25) is 9.78 Å². The average Bonchev–Trinajstić information content (AvgIpc) is 3.52. The Morgan fingerprint density at radius 2 is 1.83 bits per heavy atom. The number of fused-ring (bicyclic) bond motifs is 4. The molecular weight excluding hydrogens is 378 g/mol. The van der Waals surface area contributed by atoms with Crippen molar-refractivity contribution in [2.24, 2.45) is 0 Å². The predicted octanol–water partition coefficient (Wildman–Crippen LogP) is 3.24. The molecule has 1 aliphatic rings. The van der Waals surface area contributed by atoms with E-state index in [4.69, 9.17) is 4.98 Å². The number of nitrogens with one attached hydrogen (secondary N) is 3. The lowest BCUT2D eigenvalue weighted by molar-refractivity contribution is 0.0938. The van der Waals surface area contributed by atoms with Crippen LogP contribution in [0, 0.1) is 0 Å². The van der Waals surface area contributed by atoms with Gasteiger partial charge < -0.3 is 10.3 Å². The van der Waals surface area contributed by atoms with Gasteiger partial charge in [0.25, 0.3) is 5.91 Å². The first-order valence-electron chi connectivity index (χ1n) is 9.48. The lowest BCUT2D eigenvalue weighted by Crippen LogP contribution is -2.28. The van der Waals surface area contributed by atoms with Crippen molar-refractivity contribution in [3.05, 3.63) is 83.9 Å². The number of aromatic amines is 2. The number of nitrogens with zero attached hydrogens (tertiary/aromatic N) is 4. The van der Waals surface area contributed by atoms with E-state index in [9.17, 15) is 4.79 Å². The van der Waals surface area contributed by atoms with Gasteiger partial charge in [0.2, 0.25) is 0 Å². The lowest BCUT2D eigenvalue weighted by atomic mass is 9.99. The Balaban J connectivity index is 1.51. The van der Waals surface area contributed by atoms with Crippen molar-refractivity contribution in [2.45, 2.75) is 6.04 Å². The van der Waals surface area contributed by atoms with Gasteiger partial charge in [-0.25, -0.2) is 4.98 Å². The Labute approximate surface area is 170 Å². The number of pyridine rings is 1. The summed E-state index contributed by atoms with van der Waals surface area (Å²) in [5.74, 6) is 0.491. The smallest absolute Gasteiger partial charge is 0.274 e. The molecule has 8 nitrogen and oxygen atoms in total. The van der Waals surface area contributed by atoms with Crippen molar-refractivity contribution < 1.29 is 4.79 Å². The third kappa shape index (κ3) is 2.44. The number of carbonyl (C=O) groups excluding carboxylic acids is 1. The van der Waals surface area contributed by atoms with Gasteiger partial charge in [-0.2, -0.15) is 15.4 Å². The summed E-state index contributed by atoms with van der Waals surface area (Å²) in [6.45, 7) is 0. The molecule has 0 spiro atoms. The maximum Gasteiger partial charge on any atom is 0.274 e. The van der Waals surface area contributed by atoms with E-state index in [0.29, 0.717) is 0 Å². The van der Waals surface area contributed by atoms with E-state index in [1.54, 1.807) is 12.4 Å². The second kappa shape index (κ2) is 6.35. The van der Waals surface area contributed by atoms with E-state index in [0.717, 1.165) is 44.7 Å². The highest BCUT2D eigenvalue weighted by Gasteiger charge is 2.32. The number of imidazole rings is 1. The van der Waals surface area contributed by atoms with Crippen molar-refractivity contribution in [1.29, 1.82) is 0 Å². The second-order valence-corrected chi connectivity index (χ2v) is 7.10. The number of benzene rings is 2. The van der Waals surface area contributed by atoms with Crippen LogP contribution in [0.5, 0.6) is 0 Å². The van der Waals surface area contributed by atoms with Crippen LogP contribution >= 0.6 is 0 Å². The Kier molecular flexibility index (Phi) is 3.51. The predicted molar refractivity (Wildman–Crippen MR) is 110 cm³/mol. The SMILES string of the molecule is O=C(NC1c2ccccc2-c2c(-c3nc4ccncc4[nH]3)cccc21)c1cn[nH]n1. The van der Waals surface area contributed by atoms with Gasteiger partial charge in [-0.1, -0.05) is 42.5 Å². The number of hydrogen-bond acceptors (Lipinski definition) is 5. The molecule has 144 valence electrons. The van der Waals surface area contributed by atoms with Crippen LogP contribution in [0.1, 0.15) is 27.7 Å². The van der Waals surface area contributed by atoms with Crippen molar-refractivity contribution in [1.82, 2.24) is 35.7 Å². The number of carbonyl (C=O) groups is 1.